The first kappa shape index (κ1) is 18.9. The van der Waals surface area contributed by atoms with Gasteiger partial charge in [-0.3, -0.25) is 0 Å². The number of rotatable bonds is 6. The molecule has 0 radical (unpaired) electrons. The Bertz CT molecular complexity index is 679. The molecule has 2 aromatic rings. The molecule has 0 aliphatic heterocycles. The Morgan fingerprint density at radius 1 is 1.24 bits per heavy atom. The first-order valence-corrected chi connectivity index (χ1v) is 8.38. The number of amides is 2. The summed E-state index contributed by atoms with van der Waals surface area (Å²) >= 11 is 0. The average molecular weight is 346 g/mol. The van der Waals surface area contributed by atoms with Crippen molar-refractivity contribution in [1.29, 1.82) is 0 Å². The molecule has 1 unspecified atom stereocenters. The fraction of sp³-hybridized carbons (Fsp3) is 0.500. The lowest BCUT2D eigenvalue weighted by molar-refractivity contribution is 0.223. The molecule has 7 heteroatoms. The fourth-order valence-corrected chi connectivity index (χ4v) is 2.31. The van der Waals surface area contributed by atoms with Crippen LogP contribution in [0.25, 0.3) is 0 Å². The molecule has 3 N–H and O–H groups in total. The second-order valence-corrected chi connectivity index (χ2v) is 7.02. The normalized spacial score (nSPS) is 14.0. The van der Waals surface area contributed by atoms with Crippen molar-refractivity contribution < 1.29 is 14.4 Å². The van der Waals surface area contributed by atoms with E-state index in [-0.39, 0.29) is 24.1 Å². The summed E-state index contributed by atoms with van der Waals surface area (Å²) < 4.78 is 5.25. The number of aliphatic hydroxyl groups excluding tert-OH is 1. The van der Waals surface area contributed by atoms with Crippen LogP contribution in [0.1, 0.15) is 63.5 Å². The van der Waals surface area contributed by atoms with Gasteiger partial charge in [-0.25, -0.2) is 4.79 Å². The van der Waals surface area contributed by atoms with E-state index in [0.29, 0.717) is 18.1 Å². The van der Waals surface area contributed by atoms with E-state index in [2.05, 4.69) is 20.8 Å². The first-order valence-electron chi connectivity index (χ1n) is 8.38. The standard InChI is InChI=1S/C18H26N4O3/c1-12(15-21-16(22-25-15)18(2,3)4)19-17(24)20-14(10-11-23)13-8-6-5-7-9-13/h5-9,12,14,23H,10-11H2,1-4H3,(H2,19,20,24)/t12?,14-/m1/s1. The molecule has 1 aromatic carbocycles. The van der Waals surface area contributed by atoms with E-state index in [1.165, 1.54) is 0 Å². The van der Waals surface area contributed by atoms with Crippen LogP contribution in [0.3, 0.4) is 0 Å². The molecule has 2 rings (SSSR count). The minimum Gasteiger partial charge on any atom is -0.396 e. The van der Waals surface area contributed by atoms with Gasteiger partial charge in [0.2, 0.25) is 5.89 Å². The van der Waals surface area contributed by atoms with Gasteiger partial charge in [0.1, 0.15) is 6.04 Å². The highest BCUT2D eigenvalue weighted by molar-refractivity contribution is 5.74. The maximum atomic E-state index is 12.3. The van der Waals surface area contributed by atoms with Crippen molar-refractivity contribution in [2.75, 3.05) is 6.61 Å². The molecule has 0 spiro atoms. The molecule has 1 aromatic heterocycles. The number of carbonyl (C=O) groups excluding carboxylic acids is 1. The highest BCUT2D eigenvalue weighted by atomic mass is 16.5. The summed E-state index contributed by atoms with van der Waals surface area (Å²) in [6, 6.07) is 8.48. The monoisotopic (exact) mass is 346 g/mol. The van der Waals surface area contributed by atoms with Gasteiger partial charge in [0, 0.05) is 12.0 Å². The largest absolute Gasteiger partial charge is 0.396 e. The highest BCUT2D eigenvalue weighted by Gasteiger charge is 2.24. The van der Waals surface area contributed by atoms with Crippen molar-refractivity contribution in [3.8, 4) is 0 Å². The van der Waals surface area contributed by atoms with Crippen LogP contribution in [-0.4, -0.2) is 27.9 Å². The third-order valence-corrected chi connectivity index (χ3v) is 3.76. The zero-order chi connectivity index (χ0) is 18.4. The number of benzene rings is 1. The summed E-state index contributed by atoms with van der Waals surface area (Å²) in [5, 5.41) is 18.9. The van der Waals surface area contributed by atoms with E-state index >= 15 is 0 Å². The van der Waals surface area contributed by atoms with Gasteiger partial charge in [0.15, 0.2) is 5.82 Å². The van der Waals surface area contributed by atoms with Crippen LogP contribution in [-0.2, 0) is 5.41 Å². The molecule has 1 heterocycles. The number of carbonyl (C=O) groups is 1. The summed E-state index contributed by atoms with van der Waals surface area (Å²) in [5.41, 5.74) is 0.718. The van der Waals surface area contributed by atoms with Crippen molar-refractivity contribution in [1.82, 2.24) is 20.8 Å². The van der Waals surface area contributed by atoms with Gasteiger partial charge in [-0.05, 0) is 18.9 Å². The predicted molar refractivity (Wildman–Crippen MR) is 94.0 cm³/mol. The van der Waals surface area contributed by atoms with E-state index < -0.39 is 6.04 Å². The number of nitrogens with one attached hydrogen (secondary N) is 2. The van der Waals surface area contributed by atoms with E-state index in [1.54, 1.807) is 6.92 Å². The van der Waals surface area contributed by atoms with Crippen LogP contribution >= 0.6 is 0 Å². The Morgan fingerprint density at radius 3 is 2.48 bits per heavy atom. The molecule has 2 atom stereocenters. The van der Waals surface area contributed by atoms with E-state index in [0.717, 1.165) is 5.56 Å². The average Bonchev–Trinajstić information content (AvgIpc) is 3.05. The van der Waals surface area contributed by atoms with Gasteiger partial charge in [-0.15, -0.1) is 0 Å². The van der Waals surface area contributed by atoms with E-state index in [1.807, 2.05) is 51.1 Å². The van der Waals surface area contributed by atoms with Gasteiger partial charge in [-0.1, -0.05) is 56.3 Å². The van der Waals surface area contributed by atoms with Crippen molar-refractivity contribution in [2.45, 2.75) is 51.6 Å². The Balaban J connectivity index is 1.99. The molecule has 0 saturated carbocycles. The minimum atomic E-state index is -0.422. The fourth-order valence-electron chi connectivity index (χ4n) is 2.31. The van der Waals surface area contributed by atoms with Crippen LogP contribution in [0.5, 0.6) is 0 Å². The van der Waals surface area contributed by atoms with Crippen LogP contribution in [0.2, 0.25) is 0 Å². The summed E-state index contributed by atoms with van der Waals surface area (Å²) in [7, 11) is 0. The van der Waals surface area contributed by atoms with Crippen LogP contribution in [0.15, 0.2) is 34.9 Å². The van der Waals surface area contributed by atoms with Gasteiger partial charge >= 0.3 is 6.03 Å². The van der Waals surface area contributed by atoms with E-state index in [9.17, 15) is 9.90 Å². The quantitative estimate of drug-likeness (QED) is 0.747. The molecular weight excluding hydrogens is 320 g/mol. The van der Waals surface area contributed by atoms with Gasteiger partial charge < -0.3 is 20.3 Å². The molecule has 0 fully saturated rings. The van der Waals surface area contributed by atoms with Crippen LogP contribution < -0.4 is 10.6 Å². The molecule has 2 amide bonds. The number of nitrogens with zero attached hydrogens (tertiary/aromatic N) is 2. The Kier molecular flexibility index (Phi) is 6.14. The topological polar surface area (TPSA) is 100 Å². The summed E-state index contributed by atoms with van der Waals surface area (Å²) in [6.45, 7) is 7.74. The Hall–Kier alpha value is -2.41. The third kappa shape index (κ3) is 5.29. The lowest BCUT2D eigenvalue weighted by Crippen LogP contribution is -2.39. The number of urea groups is 1. The maximum Gasteiger partial charge on any atom is 0.315 e. The lowest BCUT2D eigenvalue weighted by atomic mass is 9.96. The first-order chi connectivity index (χ1) is 11.8. The second kappa shape index (κ2) is 8.11. The second-order valence-electron chi connectivity index (χ2n) is 7.02. The molecule has 25 heavy (non-hydrogen) atoms. The predicted octanol–water partition coefficient (Wildman–Crippen LogP) is 2.85. The van der Waals surface area contributed by atoms with Gasteiger partial charge in [-0.2, -0.15) is 4.98 Å². The molecule has 0 aliphatic carbocycles. The highest BCUT2D eigenvalue weighted by Crippen LogP contribution is 2.21. The SMILES string of the molecule is CC(NC(=O)N[C@H](CCO)c1ccccc1)c1nc(C(C)(C)C)no1. The minimum absolute atomic E-state index is 0.0198. The number of aromatic nitrogens is 2. The summed E-state index contributed by atoms with van der Waals surface area (Å²) in [6.07, 6.45) is 0.431. The Morgan fingerprint density at radius 2 is 1.92 bits per heavy atom. The smallest absolute Gasteiger partial charge is 0.315 e. The van der Waals surface area contributed by atoms with Crippen molar-refractivity contribution >= 4 is 6.03 Å². The maximum absolute atomic E-state index is 12.3. The lowest BCUT2D eigenvalue weighted by Gasteiger charge is -2.20. The van der Waals surface area contributed by atoms with Gasteiger partial charge in [0.25, 0.3) is 0 Å². The van der Waals surface area contributed by atoms with Crippen LogP contribution in [0.4, 0.5) is 4.79 Å². The number of aliphatic hydroxyl groups is 1. The van der Waals surface area contributed by atoms with E-state index in [4.69, 9.17) is 4.52 Å². The molecule has 0 bridgehead atoms. The summed E-state index contributed by atoms with van der Waals surface area (Å²) in [4.78, 5) is 16.6. The Labute approximate surface area is 147 Å². The van der Waals surface area contributed by atoms with Crippen molar-refractivity contribution in [3.05, 3.63) is 47.6 Å². The molecule has 0 saturated heterocycles. The molecule has 7 nitrogen and oxygen atoms in total. The van der Waals surface area contributed by atoms with Gasteiger partial charge in [0.05, 0.1) is 6.04 Å². The molecule has 136 valence electrons. The number of hydrogen-bond donors (Lipinski definition) is 3. The van der Waals surface area contributed by atoms with Crippen molar-refractivity contribution in [3.63, 3.8) is 0 Å². The molecule has 0 aliphatic rings. The molecular formula is C18H26N4O3. The van der Waals surface area contributed by atoms with Crippen molar-refractivity contribution in [2.24, 2.45) is 0 Å². The summed E-state index contributed by atoms with van der Waals surface area (Å²) in [5.74, 6) is 0.956. The zero-order valence-electron chi connectivity index (χ0n) is 15.1. The van der Waals surface area contributed by atoms with Crippen LogP contribution in [0, 0.1) is 0 Å². The number of hydrogen-bond acceptors (Lipinski definition) is 5. The zero-order valence-corrected chi connectivity index (χ0v) is 15.1. The third-order valence-electron chi connectivity index (χ3n) is 3.76.